The summed E-state index contributed by atoms with van der Waals surface area (Å²) in [6.07, 6.45) is 6.79. The maximum atomic E-state index is 6.18. The summed E-state index contributed by atoms with van der Waals surface area (Å²) in [5.41, 5.74) is 6.20. The van der Waals surface area contributed by atoms with Gasteiger partial charge in [-0.3, -0.25) is 0 Å². The Hall–Kier alpha value is -0.0800. The number of hydrogen-bond acceptors (Lipinski definition) is 2. The molecule has 0 amide bonds. The van der Waals surface area contributed by atoms with E-state index in [1.54, 1.807) is 0 Å². The Morgan fingerprint density at radius 1 is 0.944 bits per heavy atom. The van der Waals surface area contributed by atoms with E-state index in [1.807, 2.05) is 0 Å². The molecule has 0 aliphatic heterocycles. The first-order chi connectivity index (χ1) is 8.17. The zero-order chi connectivity index (χ0) is 14.2. The van der Waals surface area contributed by atoms with Crippen LogP contribution in [0, 0.1) is 11.3 Å². The van der Waals surface area contributed by atoms with Crippen LogP contribution in [-0.4, -0.2) is 18.6 Å². The third kappa shape index (κ3) is 8.10. The normalized spacial score (nSPS) is 13.3. The molecule has 0 radical (unpaired) electrons. The molecular formula is C16H36N2. The van der Waals surface area contributed by atoms with Gasteiger partial charge in [0.15, 0.2) is 0 Å². The third-order valence-corrected chi connectivity index (χ3v) is 4.20. The molecule has 2 nitrogen and oxygen atoms in total. The summed E-state index contributed by atoms with van der Waals surface area (Å²) in [5, 5.41) is 3.55. The lowest BCUT2D eigenvalue weighted by molar-refractivity contribution is 0.195. The van der Waals surface area contributed by atoms with Crippen LogP contribution in [0.25, 0.3) is 0 Å². The van der Waals surface area contributed by atoms with Crippen molar-refractivity contribution in [3.8, 4) is 0 Å². The standard InChI is InChI=1S/C16H36N2/c1-14(2)11-9-7-8-10-12-18-13-15(3,4)16(5,6)17/h14,18H,7-13,17H2,1-6H3. The Kier molecular flexibility index (Phi) is 8.13. The van der Waals surface area contributed by atoms with E-state index >= 15 is 0 Å². The molecule has 0 aliphatic carbocycles. The van der Waals surface area contributed by atoms with Gasteiger partial charge in [-0.1, -0.05) is 53.4 Å². The van der Waals surface area contributed by atoms with Crippen LogP contribution in [0.15, 0.2) is 0 Å². The number of nitrogens with two attached hydrogens (primary N) is 1. The summed E-state index contributed by atoms with van der Waals surface area (Å²) in [6, 6.07) is 0. The molecule has 0 rings (SSSR count). The zero-order valence-electron chi connectivity index (χ0n) is 13.6. The molecule has 0 heterocycles. The van der Waals surface area contributed by atoms with Crippen molar-refractivity contribution in [1.82, 2.24) is 5.32 Å². The Bertz CT molecular complexity index is 202. The van der Waals surface area contributed by atoms with E-state index < -0.39 is 0 Å². The minimum absolute atomic E-state index is 0.128. The van der Waals surface area contributed by atoms with E-state index in [4.69, 9.17) is 5.73 Å². The minimum Gasteiger partial charge on any atom is -0.325 e. The van der Waals surface area contributed by atoms with E-state index in [9.17, 15) is 0 Å². The topological polar surface area (TPSA) is 38.0 Å². The SMILES string of the molecule is CC(C)CCCCCCNCC(C)(C)C(C)(C)N. The van der Waals surface area contributed by atoms with E-state index in [1.165, 1.54) is 32.1 Å². The van der Waals surface area contributed by atoms with Gasteiger partial charge in [0.1, 0.15) is 0 Å². The maximum absolute atomic E-state index is 6.18. The lowest BCUT2D eigenvalue weighted by Gasteiger charge is -2.38. The second-order valence-electron chi connectivity index (χ2n) is 7.38. The van der Waals surface area contributed by atoms with Crippen LogP contribution < -0.4 is 11.1 Å². The van der Waals surface area contributed by atoms with Crippen LogP contribution >= 0.6 is 0 Å². The van der Waals surface area contributed by atoms with Gasteiger partial charge in [0.05, 0.1) is 0 Å². The number of nitrogens with one attached hydrogen (secondary N) is 1. The molecule has 110 valence electrons. The Morgan fingerprint density at radius 2 is 1.50 bits per heavy atom. The molecule has 0 fully saturated rings. The van der Waals surface area contributed by atoms with Crippen LogP contribution in [0.3, 0.4) is 0 Å². The smallest absolute Gasteiger partial charge is 0.0161 e. The van der Waals surface area contributed by atoms with Crippen molar-refractivity contribution in [1.29, 1.82) is 0 Å². The predicted molar refractivity (Wildman–Crippen MR) is 82.8 cm³/mol. The minimum atomic E-state index is -0.128. The van der Waals surface area contributed by atoms with Crippen molar-refractivity contribution in [2.24, 2.45) is 17.1 Å². The molecule has 0 aromatic heterocycles. The van der Waals surface area contributed by atoms with Gasteiger partial charge >= 0.3 is 0 Å². The summed E-state index contributed by atoms with van der Waals surface area (Å²) in [4.78, 5) is 0. The average molecular weight is 256 g/mol. The highest BCUT2D eigenvalue weighted by Gasteiger charge is 2.32. The highest BCUT2D eigenvalue weighted by Crippen LogP contribution is 2.26. The van der Waals surface area contributed by atoms with Crippen molar-refractivity contribution in [3.05, 3.63) is 0 Å². The molecule has 0 atom stereocenters. The summed E-state index contributed by atoms with van der Waals surface area (Å²) in [6.45, 7) is 15.4. The fraction of sp³-hybridized carbons (Fsp3) is 1.00. The highest BCUT2D eigenvalue weighted by molar-refractivity contribution is 4.91. The van der Waals surface area contributed by atoms with Gasteiger partial charge in [0, 0.05) is 12.1 Å². The van der Waals surface area contributed by atoms with Gasteiger partial charge in [-0.15, -0.1) is 0 Å². The summed E-state index contributed by atoms with van der Waals surface area (Å²) in [5.74, 6) is 0.857. The number of unbranched alkanes of at least 4 members (excludes halogenated alkanes) is 3. The molecule has 3 N–H and O–H groups in total. The van der Waals surface area contributed by atoms with Gasteiger partial charge < -0.3 is 11.1 Å². The summed E-state index contributed by atoms with van der Waals surface area (Å²) in [7, 11) is 0. The van der Waals surface area contributed by atoms with Crippen LogP contribution in [0.1, 0.15) is 73.6 Å². The third-order valence-electron chi connectivity index (χ3n) is 4.20. The maximum Gasteiger partial charge on any atom is 0.0161 e. The Morgan fingerprint density at radius 3 is 2.00 bits per heavy atom. The largest absolute Gasteiger partial charge is 0.325 e. The molecule has 0 spiro atoms. The van der Waals surface area contributed by atoms with Crippen LogP contribution in [-0.2, 0) is 0 Å². The molecular weight excluding hydrogens is 220 g/mol. The second-order valence-corrected chi connectivity index (χ2v) is 7.38. The zero-order valence-corrected chi connectivity index (χ0v) is 13.6. The van der Waals surface area contributed by atoms with E-state index in [0.717, 1.165) is 19.0 Å². The molecule has 0 saturated heterocycles. The molecule has 0 aromatic carbocycles. The first-order valence-corrected chi connectivity index (χ1v) is 7.66. The van der Waals surface area contributed by atoms with Crippen molar-refractivity contribution in [3.63, 3.8) is 0 Å². The van der Waals surface area contributed by atoms with Gasteiger partial charge in [-0.2, -0.15) is 0 Å². The van der Waals surface area contributed by atoms with Crippen LogP contribution in [0.4, 0.5) is 0 Å². The van der Waals surface area contributed by atoms with Crippen molar-refractivity contribution >= 4 is 0 Å². The van der Waals surface area contributed by atoms with Crippen molar-refractivity contribution in [2.75, 3.05) is 13.1 Å². The second kappa shape index (κ2) is 8.16. The number of hydrogen-bond donors (Lipinski definition) is 2. The van der Waals surface area contributed by atoms with E-state index in [-0.39, 0.29) is 11.0 Å². The van der Waals surface area contributed by atoms with Crippen molar-refractivity contribution in [2.45, 2.75) is 79.2 Å². The molecule has 0 bridgehead atoms. The lowest BCUT2D eigenvalue weighted by Crippen LogP contribution is -2.52. The molecule has 18 heavy (non-hydrogen) atoms. The first kappa shape index (κ1) is 17.9. The van der Waals surface area contributed by atoms with Crippen molar-refractivity contribution < 1.29 is 0 Å². The quantitative estimate of drug-likeness (QED) is 0.581. The fourth-order valence-corrected chi connectivity index (χ4v) is 1.78. The lowest BCUT2D eigenvalue weighted by atomic mass is 9.75. The molecule has 0 aliphatic rings. The first-order valence-electron chi connectivity index (χ1n) is 7.66. The van der Waals surface area contributed by atoms with E-state index in [0.29, 0.717) is 0 Å². The van der Waals surface area contributed by atoms with E-state index in [2.05, 4.69) is 46.9 Å². The van der Waals surface area contributed by atoms with Gasteiger partial charge in [0.25, 0.3) is 0 Å². The van der Waals surface area contributed by atoms with Gasteiger partial charge in [0.2, 0.25) is 0 Å². The molecule has 0 saturated carbocycles. The molecule has 0 aromatic rings. The summed E-state index contributed by atoms with van der Waals surface area (Å²) < 4.78 is 0. The fourth-order valence-electron chi connectivity index (χ4n) is 1.78. The van der Waals surface area contributed by atoms with Gasteiger partial charge in [-0.05, 0) is 38.1 Å². The Balaban J connectivity index is 3.46. The van der Waals surface area contributed by atoms with Crippen LogP contribution in [0.5, 0.6) is 0 Å². The van der Waals surface area contributed by atoms with Crippen LogP contribution in [0.2, 0.25) is 0 Å². The molecule has 2 heteroatoms. The Labute approximate surface area is 115 Å². The molecule has 0 unspecified atom stereocenters. The highest BCUT2D eigenvalue weighted by atomic mass is 14.9. The predicted octanol–water partition coefficient (Wildman–Crippen LogP) is 3.95. The average Bonchev–Trinajstić information content (AvgIpc) is 2.19. The number of rotatable bonds is 10. The van der Waals surface area contributed by atoms with Gasteiger partial charge in [-0.25, -0.2) is 0 Å². The summed E-state index contributed by atoms with van der Waals surface area (Å²) >= 11 is 0. The monoisotopic (exact) mass is 256 g/mol.